The van der Waals surface area contributed by atoms with Crippen LogP contribution in [0.3, 0.4) is 0 Å². The average Bonchev–Trinajstić information content (AvgIpc) is 2.45. The molecule has 0 heterocycles. The first kappa shape index (κ1) is 14.7. The lowest BCUT2D eigenvalue weighted by molar-refractivity contribution is 0.199. The van der Waals surface area contributed by atoms with Crippen LogP contribution in [0.5, 0.6) is 0 Å². The van der Waals surface area contributed by atoms with Gasteiger partial charge in [-0.05, 0) is 54.2 Å². The van der Waals surface area contributed by atoms with Gasteiger partial charge < -0.3 is 5.11 Å². The van der Waals surface area contributed by atoms with Crippen LogP contribution in [0.25, 0.3) is 11.1 Å². The minimum absolute atomic E-state index is 0.310. The van der Waals surface area contributed by atoms with Gasteiger partial charge in [-0.2, -0.15) is 0 Å². The molecule has 0 bridgehead atoms. The third-order valence-electron chi connectivity index (χ3n) is 3.57. The Hall–Kier alpha value is -1.67. The van der Waals surface area contributed by atoms with Crippen molar-refractivity contribution in [2.24, 2.45) is 0 Å². The van der Waals surface area contributed by atoms with Gasteiger partial charge in [-0.1, -0.05) is 43.7 Å². The fourth-order valence-electron chi connectivity index (χ4n) is 2.49. The lowest BCUT2D eigenvalue weighted by Crippen LogP contribution is -1.99. The minimum Gasteiger partial charge on any atom is -0.389 e. The normalized spacial score (nSPS) is 12.4. The van der Waals surface area contributed by atoms with Gasteiger partial charge in [0.1, 0.15) is 5.82 Å². The van der Waals surface area contributed by atoms with Gasteiger partial charge in [0.05, 0.1) is 6.10 Å². The molecule has 0 fully saturated rings. The molecule has 1 nitrogen and oxygen atoms in total. The molecule has 0 aliphatic heterocycles. The third-order valence-corrected chi connectivity index (χ3v) is 3.57. The highest BCUT2D eigenvalue weighted by Gasteiger charge is 2.13. The summed E-state index contributed by atoms with van der Waals surface area (Å²) in [6.45, 7) is 3.84. The summed E-state index contributed by atoms with van der Waals surface area (Å²) in [5, 5.41) is 9.89. The standard InChI is InChI=1S/C18H21FO/c1-3-4-7-14-8-5-6-9-16(14)17-11-10-15(19)12-18(17)13(2)20/h5-6,8-13,20H,3-4,7H2,1-2H3. The Morgan fingerprint density at radius 3 is 2.55 bits per heavy atom. The number of aliphatic hydroxyl groups excluding tert-OH is 1. The lowest BCUT2D eigenvalue weighted by atomic mass is 9.91. The first-order valence-electron chi connectivity index (χ1n) is 7.19. The molecule has 0 aliphatic carbocycles. The predicted molar refractivity (Wildman–Crippen MR) is 81.1 cm³/mol. The van der Waals surface area contributed by atoms with E-state index in [9.17, 15) is 9.50 Å². The summed E-state index contributed by atoms with van der Waals surface area (Å²) in [5.41, 5.74) is 3.92. The van der Waals surface area contributed by atoms with Crippen LogP contribution in [-0.2, 0) is 6.42 Å². The van der Waals surface area contributed by atoms with Crippen molar-refractivity contribution in [2.45, 2.75) is 39.2 Å². The smallest absolute Gasteiger partial charge is 0.123 e. The minimum atomic E-state index is -0.681. The van der Waals surface area contributed by atoms with Crippen molar-refractivity contribution in [1.82, 2.24) is 0 Å². The Bertz CT molecular complexity index is 575. The van der Waals surface area contributed by atoms with Crippen molar-refractivity contribution in [1.29, 1.82) is 0 Å². The van der Waals surface area contributed by atoms with E-state index in [0.717, 1.165) is 30.4 Å². The van der Waals surface area contributed by atoms with Crippen molar-refractivity contribution in [3.05, 3.63) is 59.4 Å². The summed E-state index contributed by atoms with van der Waals surface area (Å²) in [7, 11) is 0. The Kier molecular flexibility index (Phi) is 4.91. The molecule has 106 valence electrons. The van der Waals surface area contributed by atoms with Gasteiger partial charge in [0.25, 0.3) is 0 Å². The van der Waals surface area contributed by atoms with E-state index in [4.69, 9.17) is 0 Å². The van der Waals surface area contributed by atoms with Gasteiger partial charge in [-0.15, -0.1) is 0 Å². The Balaban J connectivity index is 2.51. The van der Waals surface area contributed by atoms with Crippen LogP contribution >= 0.6 is 0 Å². The summed E-state index contributed by atoms with van der Waals surface area (Å²) in [6.07, 6.45) is 2.59. The number of aliphatic hydroxyl groups is 1. The number of aryl methyl sites for hydroxylation is 1. The Morgan fingerprint density at radius 1 is 1.10 bits per heavy atom. The van der Waals surface area contributed by atoms with Crippen LogP contribution < -0.4 is 0 Å². The Morgan fingerprint density at radius 2 is 1.85 bits per heavy atom. The van der Waals surface area contributed by atoms with E-state index in [1.807, 2.05) is 18.2 Å². The van der Waals surface area contributed by atoms with Gasteiger partial charge in [-0.3, -0.25) is 0 Å². The summed E-state index contributed by atoms with van der Waals surface area (Å²) < 4.78 is 13.4. The lowest BCUT2D eigenvalue weighted by Gasteiger charge is -2.15. The number of halogens is 1. The molecule has 0 amide bonds. The summed E-state index contributed by atoms with van der Waals surface area (Å²) in [4.78, 5) is 0. The molecule has 1 atom stereocenters. The van der Waals surface area contributed by atoms with Crippen LogP contribution in [0.15, 0.2) is 42.5 Å². The second-order valence-electron chi connectivity index (χ2n) is 5.17. The summed E-state index contributed by atoms with van der Waals surface area (Å²) >= 11 is 0. The van der Waals surface area contributed by atoms with Gasteiger partial charge in [0, 0.05) is 0 Å². The van der Waals surface area contributed by atoms with Crippen LogP contribution in [0.2, 0.25) is 0 Å². The zero-order chi connectivity index (χ0) is 14.5. The average molecular weight is 272 g/mol. The SMILES string of the molecule is CCCCc1ccccc1-c1ccc(F)cc1C(C)O. The van der Waals surface area contributed by atoms with E-state index < -0.39 is 6.10 Å². The second-order valence-corrected chi connectivity index (χ2v) is 5.17. The van der Waals surface area contributed by atoms with E-state index in [-0.39, 0.29) is 5.82 Å². The maximum absolute atomic E-state index is 13.4. The molecule has 2 rings (SSSR count). The third kappa shape index (κ3) is 3.26. The molecule has 1 unspecified atom stereocenters. The molecule has 2 aromatic rings. The van der Waals surface area contributed by atoms with E-state index in [1.165, 1.54) is 17.7 Å². The summed E-state index contributed by atoms with van der Waals surface area (Å²) in [5.74, 6) is -0.310. The van der Waals surface area contributed by atoms with Crippen molar-refractivity contribution >= 4 is 0 Å². The number of benzene rings is 2. The number of hydrogen-bond donors (Lipinski definition) is 1. The van der Waals surface area contributed by atoms with E-state index in [2.05, 4.69) is 13.0 Å². The molecule has 0 aromatic heterocycles. The van der Waals surface area contributed by atoms with Gasteiger partial charge in [-0.25, -0.2) is 4.39 Å². The van der Waals surface area contributed by atoms with Crippen molar-refractivity contribution in [3.8, 4) is 11.1 Å². The molecule has 0 spiro atoms. The summed E-state index contributed by atoms with van der Waals surface area (Å²) in [6, 6.07) is 12.8. The maximum atomic E-state index is 13.4. The van der Waals surface area contributed by atoms with E-state index in [1.54, 1.807) is 13.0 Å². The molecule has 2 aromatic carbocycles. The largest absolute Gasteiger partial charge is 0.389 e. The predicted octanol–water partition coefficient (Wildman–Crippen LogP) is 4.89. The van der Waals surface area contributed by atoms with Gasteiger partial charge in [0.15, 0.2) is 0 Å². The number of hydrogen-bond acceptors (Lipinski definition) is 1. The molecule has 1 N–H and O–H groups in total. The zero-order valence-corrected chi connectivity index (χ0v) is 12.1. The second kappa shape index (κ2) is 6.67. The first-order valence-corrected chi connectivity index (χ1v) is 7.19. The maximum Gasteiger partial charge on any atom is 0.123 e. The van der Waals surface area contributed by atoms with Gasteiger partial charge >= 0.3 is 0 Å². The quantitative estimate of drug-likeness (QED) is 0.821. The highest BCUT2D eigenvalue weighted by atomic mass is 19.1. The molecular weight excluding hydrogens is 251 g/mol. The molecule has 20 heavy (non-hydrogen) atoms. The van der Waals surface area contributed by atoms with Crippen LogP contribution in [0.4, 0.5) is 4.39 Å². The highest BCUT2D eigenvalue weighted by Crippen LogP contribution is 2.32. The van der Waals surface area contributed by atoms with Crippen molar-refractivity contribution in [2.75, 3.05) is 0 Å². The molecular formula is C18H21FO. The fraction of sp³-hybridized carbons (Fsp3) is 0.333. The fourth-order valence-corrected chi connectivity index (χ4v) is 2.49. The monoisotopic (exact) mass is 272 g/mol. The Labute approximate surface area is 120 Å². The van der Waals surface area contributed by atoms with Crippen LogP contribution in [0.1, 0.15) is 43.9 Å². The van der Waals surface area contributed by atoms with Gasteiger partial charge in [0.2, 0.25) is 0 Å². The van der Waals surface area contributed by atoms with Crippen molar-refractivity contribution < 1.29 is 9.50 Å². The molecule has 0 saturated carbocycles. The first-order chi connectivity index (χ1) is 9.63. The topological polar surface area (TPSA) is 20.2 Å². The molecule has 0 aliphatic rings. The molecule has 2 heteroatoms. The van der Waals surface area contributed by atoms with Crippen LogP contribution in [-0.4, -0.2) is 5.11 Å². The zero-order valence-electron chi connectivity index (χ0n) is 12.1. The van der Waals surface area contributed by atoms with E-state index >= 15 is 0 Å². The van der Waals surface area contributed by atoms with Crippen molar-refractivity contribution in [3.63, 3.8) is 0 Å². The molecule has 0 saturated heterocycles. The number of rotatable bonds is 5. The number of unbranched alkanes of at least 4 members (excludes halogenated alkanes) is 1. The highest BCUT2D eigenvalue weighted by molar-refractivity contribution is 5.71. The van der Waals surface area contributed by atoms with E-state index in [0.29, 0.717) is 5.56 Å². The molecule has 0 radical (unpaired) electrons. The van der Waals surface area contributed by atoms with Crippen LogP contribution in [0, 0.1) is 5.82 Å².